The Hall–Kier alpha value is -0.770. The molecule has 1 N–H and O–H groups in total. The average Bonchev–Trinajstić information content (AvgIpc) is 2.25. The van der Waals surface area contributed by atoms with Crippen molar-refractivity contribution in [3.05, 3.63) is 0 Å². The number of hydrogen-bond donors (Lipinski definition) is 1. The van der Waals surface area contributed by atoms with Crippen LogP contribution in [0.5, 0.6) is 0 Å². The summed E-state index contributed by atoms with van der Waals surface area (Å²) in [6.07, 6.45) is -0.182. The van der Waals surface area contributed by atoms with Crippen molar-refractivity contribution in [3.63, 3.8) is 0 Å². The maximum absolute atomic E-state index is 12.4. The predicted molar refractivity (Wildman–Crippen MR) is 78.2 cm³/mol. The van der Waals surface area contributed by atoms with Crippen LogP contribution in [0.1, 0.15) is 48.5 Å². The number of nitrogens with one attached hydrogen (secondary N) is 1. The van der Waals surface area contributed by atoms with E-state index in [1.807, 2.05) is 25.7 Å². The number of ether oxygens (including phenoxy) is 1. The Labute approximate surface area is 117 Å². The molecule has 0 radical (unpaired) electrons. The molecule has 19 heavy (non-hydrogen) atoms. The molecule has 1 saturated heterocycles. The minimum absolute atomic E-state index is 0.182. The van der Waals surface area contributed by atoms with Crippen LogP contribution < -0.4 is 5.32 Å². The quantitative estimate of drug-likeness (QED) is 0.839. The van der Waals surface area contributed by atoms with Gasteiger partial charge in [0.25, 0.3) is 0 Å². The number of piperazine rings is 1. The van der Waals surface area contributed by atoms with Gasteiger partial charge >= 0.3 is 6.09 Å². The molecular formula is C15H30N2O2. The van der Waals surface area contributed by atoms with Crippen LogP contribution in [0.4, 0.5) is 4.79 Å². The molecule has 0 aromatic carbocycles. The van der Waals surface area contributed by atoms with E-state index in [-0.39, 0.29) is 12.1 Å². The maximum Gasteiger partial charge on any atom is 0.410 e. The van der Waals surface area contributed by atoms with E-state index in [1.165, 1.54) is 0 Å². The maximum atomic E-state index is 12.4. The van der Waals surface area contributed by atoms with Gasteiger partial charge in [0.05, 0.1) is 0 Å². The Morgan fingerprint density at radius 3 is 2.21 bits per heavy atom. The van der Waals surface area contributed by atoms with Gasteiger partial charge < -0.3 is 15.0 Å². The Morgan fingerprint density at radius 1 is 1.21 bits per heavy atom. The Kier molecular flexibility index (Phi) is 5.25. The van der Waals surface area contributed by atoms with Crippen LogP contribution in [0.3, 0.4) is 0 Å². The van der Waals surface area contributed by atoms with Crippen molar-refractivity contribution in [1.82, 2.24) is 10.2 Å². The fraction of sp³-hybridized carbons (Fsp3) is 0.933. The third kappa shape index (κ3) is 4.68. The van der Waals surface area contributed by atoms with Gasteiger partial charge in [-0.1, -0.05) is 27.7 Å². The highest BCUT2D eigenvalue weighted by Crippen LogP contribution is 2.21. The Bertz CT molecular complexity index is 308. The van der Waals surface area contributed by atoms with Crippen molar-refractivity contribution < 1.29 is 9.53 Å². The molecule has 2 atom stereocenters. The van der Waals surface area contributed by atoms with Crippen molar-refractivity contribution in [2.24, 2.45) is 11.8 Å². The molecule has 0 bridgehead atoms. The normalized spacial score (nSPS) is 25.0. The lowest BCUT2D eigenvalue weighted by atomic mass is 9.95. The lowest BCUT2D eigenvalue weighted by Crippen LogP contribution is -2.61. The molecular weight excluding hydrogens is 240 g/mol. The first-order valence-corrected chi connectivity index (χ1v) is 7.35. The van der Waals surface area contributed by atoms with Crippen LogP contribution in [-0.2, 0) is 4.74 Å². The molecule has 0 spiro atoms. The highest BCUT2D eigenvalue weighted by atomic mass is 16.6. The minimum atomic E-state index is -0.434. The highest BCUT2D eigenvalue weighted by Gasteiger charge is 2.36. The molecule has 1 aliphatic rings. The molecule has 112 valence electrons. The number of hydrogen-bond acceptors (Lipinski definition) is 3. The number of rotatable bonds is 2. The van der Waals surface area contributed by atoms with Crippen LogP contribution in [0, 0.1) is 11.8 Å². The predicted octanol–water partition coefficient (Wildman–Crippen LogP) is 2.88. The molecule has 2 unspecified atom stereocenters. The molecule has 1 fully saturated rings. The van der Waals surface area contributed by atoms with Crippen LogP contribution in [0.2, 0.25) is 0 Å². The molecule has 0 aromatic heterocycles. The number of amides is 1. The van der Waals surface area contributed by atoms with Crippen molar-refractivity contribution in [2.75, 3.05) is 13.1 Å². The van der Waals surface area contributed by atoms with Gasteiger partial charge in [-0.2, -0.15) is 0 Å². The summed E-state index contributed by atoms with van der Waals surface area (Å²) in [5.41, 5.74) is -0.434. The largest absolute Gasteiger partial charge is 0.444 e. The van der Waals surface area contributed by atoms with Crippen molar-refractivity contribution in [3.8, 4) is 0 Å². The Morgan fingerprint density at radius 2 is 1.79 bits per heavy atom. The van der Waals surface area contributed by atoms with Gasteiger partial charge in [-0.05, 0) is 32.6 Å². The molecule has 4 heteroatoms. The summed E-state index contributed by atoms with van der Waals surface area (Å²) in [5, 5.41) is 3.55. The van der Waals surface area contributed by atoms with Crippen LogP contribution in [0.25, 0.3) is 0 Å². The second-order valence-electron chi connectivity index (χ2n) is 7.20. The van der Waals surface area contributed by atoms with Gasteiger partial charge in [-0.15, -0.1) is 0 Å². The van der Waals surface area contributed by atoms with E-state index < -0.39 is 5.60 Å². The SMILES string of the molecule is CC(C)C1CN(C(=O)OC(C)(C)C)C(C(C)C)CN1. The van der Waals surface area contributed by atoms with E-state index in [0.29, 0.717) is 17.9 Å². The zero-order valence-corrected chi connectivity index (χ0v) is 13.5. The van der Waals surface area contributed by atoms with Gasteiger partial charge in [0.2, 0.25) is 0 Å². The van der Waals surface area contributed by atoms with Gasteiger partial charge in [-0.25, -0.2) is 4.79 Å². The smallest absolute Gasteiger partial charge is 0.410 e. The molecule has 1 heterocycles. The van der Waals surface area contributed by atoms with E-state index >= 15 is 0 Å². The lowest BCUT2D eigenvalue weighted by molar-refractivity contribution is -0.00125. The molecule has 1 amide bonds. The van der Waals surface area contributed by atoms with E-state index in [4.69, 9.17) is 4.74 Å². The van der Waals surface area contributed by atoms with Gasteiger partial charge in [0.15, 0.2) is 0 Å². The first kappa shape index (κ1) is 16.3. The van der Waals surface area contributed by atoms with Crippen molar-refractivity contribution in [2.45, 2.75) is 66.2 Å². The zero-order chi connectivity index (χ0) is 14.8. The van der Waals surface area contributed by atoms with Crippen LogP contribution >= 0.6 is 0 Å². The van der Waals surface area contributed by atoms with Gasteiger partial charge in [-0.3, -0.25) is 0 Å². The fourth-order valence-corrected chi connectivity index (χ4v) is 2.37. The number of nitrogens with zero attached hydrogens (tertiary/aromatic N) is 1. The van der Waals surface area contributed by atoms with E-state index in [9.17, 15) is 4.79 Å². The second kappa shape index (κ2) is 6.12. The summed E-state index contributed by atoms with van der Waals surface area (Å²) in [7, 11) is 0. The molecule has 4 nitrogen and oxygen atoms in total. The Balaban J connectivity index is 2.79. The number of carbonyl (C=O) groups excluding carboxylic acids is 1. The molecule has 0 aromatic rings. The summed E-state index contributed by atoms with van der Waals surface area (Å²) >= 11 is 0. The first-order chi connectivity index (χ1) is 8.61. The van der Waals surface area contributed by atoms with Crippen LogP contribution in [0.15, 0.2) is 0 Å². The molecule has 1 aliphatic heterocycles. The van der Waals surface area contributed by atoms with E-state index in [2.05, 4.69) is 33.0 Å². The summed E-state index contributed by atoms with van der Waals surface area (Å²) in [6.45, 7) is 16.0. The van der Waals surface area contributed by atoms with Crippen molar-refractivity contribution >= 4 is 6.09 Å². The molecule has 0 aliphatic carbocycles. The average molecular weight is 270 g/mol. The molecule has 1 rings (SSSR count). The third-order valence-electron chi connectivity index (χ3n) is 3.59. The second-order valence-corrected chi connectivity index (χ2v) is 7.20. The zero-order valence-electron chi connectivity index (χ0n) is 13.5. The van der Waals surface area contributed by atoms with Gasteiger partial charge in [0.1, 0.15) is 5.60 Å². The third-order valence-corrected chi connectivity index (χ3v) is 3.59. The summed E-state index contributed by atoms with van der Waals surface area (Å²) in [4.78, 5) is 14.3. The van der Waals surface area contributed by atoms with E-state index in [0.717, 1.165) is 13.1 Å². The molecule has 0 saturated carbocycles. The summed E-state index contributed by atoms with van der Waals surface area (Å²) in [6, 6.07) is 0.562. The minimum Gasteiger partial charge on any atom is -0.444 e. The highest BCUT2D eigenvalue weighted by molar-refractivity contribution is 5.69. The van der Waals surface area contributed by atoms with Gasteiger partial charge in [0, 0.05) is 25.2 Å². The standard InChI is InChI=1S/C15H30N2O2/c1-10(2)12-9-17(13(8-16-12)11(3)4)14(18)19-15(5,6)7/h10-13,16H,8-9H2,1-7H3. The topological polar surface area (TPSA) is 41.6 Å². The first-order valence-electron chi connectivity index (χ1n) is 7.35. The summed E-state index contributed by atoms with van der Waals surface area (Å²) < 4.78 is 5.54. The summed E-state index contributed by atoms with van der Waals surface area (Å²) in [5.74, 6) is 0.936. The van der Waals surface area contributed by atoms with E-state index in [1.54, 1.807) is 0 Å². The number of carbonyl (C=O) groups is 1. The fourth-order valence-electron chi connectivity index (χ4n) is 2.37. The monoisotopic (exact) mass is 270 g/mol. The van der Waals surface area contributed by atoms with Crippen LogP contribution in [-0.4, -0.2) is 41.8 Å². The van der Waals surface area contributed by atoms with Crippen molar-refractivity contribution in [1.29, 1.82) is 0 Å². The lowest BCUT2D eigenvalue weighted by Gasteiger charge is -2.43.